The van der Waals surface area contributed by atoms with E-state index in [1.807, 2.05) is 24.3 Å². The van der Waals surface area contributed by atoms with Crippen molar-refractivity contribution < 1.29 is 23.7 Å². The van der Waals surface area contributed by atoms with Crippen molar-refractivity contribution in [2.24, 2.45) is 11.8 Å². The Balaban J connectivity index is 1.66. The van der Waals surface area contributed by atoms with Crippen LogP contribution in [0.5, 0.6) is 5.75 Å². The molecular formula is C26H36O5. The molecule has 0 aromatic heterocycles. The summed E-state index contributed by atoms with van der Waals surface area (Å²) in [4.78, 5) is 12.5. The molecule has 0 N–H and O–H groups in total. The minimum absolute atomic E-state index is 0.113. The predicted molar refractivity (Wildman–Crippen MR) is 122 cm³/mol. The molecule has 0 amide bonds. The lowest BCUT2D eigenvalue weighted by atomic mass is 9.72. The summed E-state index contributed by atoms with van der Waals surface area (Å²) in [5, 5.41) is 0. The van der Waals surface area contributed by atoms with Crippen LogP contribution in [0.4, 0.5) is 0 Å². The van der Waals surface area contributed by atoms with E-state index in [-0.39, 0.29) is 29.7 Å². The van der Waals surface area contributed by atoms with Crippen molar-refractivity contribution in [2.75, 3.05) is 20.8 Å². The molecule has 1 spiro atoms. The monoisotopic (exact) mass is 428 g/mol. The van der Waals surface area contributed by atoms with Gasteiger partial charge in [-0.15, -0.1) is 0 Å². The van der Waals surface area contributed by atoms with E-state index in [1.165, 1.54) is 11.6 Å². The highest BCUT2D eigenvalue weighted by Gasteiger charge is 2.59. The zero-order valence-electron chi connectivity index (χ0n) is 19.4. The van der Waals surface area contributed by atoms with Gasteiger partial charge in [-0.2, -0.15) is 0 Å². The van der Waals surface area contributed by atoms with Crippen LogP contribution >= 0.6 is 0 Å². The molecule has 2 fully saturated rings. The van der Waals surface area contributed by atoms with Crippen molar-refractivity contribution >= 4 is 12.0 Å². The Morgan fingerprint density at radius 3 is 2.55 bits per heavy atom. The number of ether oxygens (including phenoxy) is 4. The highest BCUT2D eigenvalue weighted by atomic mass is 16.6. The van der Waals surface area contributed by atoms with Crippen molar-refractivity contribution in [3.63, 3.8) is 0 Å². The zero-order chi connectivity index (χ0) is 22.4. The van der Waals surface area contributed by atoms with Crippen molar-refractivity contribution in [3.8, 4) is 5.75 Å². The van der Waals surface area contributed by atoms with E-state index in [1.54, 1.807) is 20.3 Å². The maximum absolute atomic E-state index is 12.5. The third kappa shape index (κ3) is 5.98. The molecule has 0 radical (unpaired) electrons. The highest BCUT2D eigenvalue weighted by Crippen LogP contribution is 2.50. The fraction of sp³-hybridized carbons (Fsp3) is 0.577. The first-order chi connectivity index (χ1) is 14.9. The molecule has 1 saturated heterocycles. The van der Waals surface area contributed by atoms with Gasteiger partial charge in [0, 0.05) is 19.1 Å². The van der Waals surface area contributed by atoms with Crippen molar-refractivity contribution in [1.82, 2.24) is 0 Å². The number of benzene rings is 1. The molecule has 1 aliphatic heterocycles. The van der Waals surface area contributed by atoms with Gasteiger partial charge in [-0.3, -0.25) is 0 Å². The number of rotatable bonds is 9. The molecule has 1 heterocycles. The van der Waals surface area contributed by atoms with Gasteiger partial charge in [-0.1, -0.05) is 37.6 Å². The molecule has 170 valence electrons. The van der Waals surface area contributed by atoms with Crippen LogP contribution in [0, 0.1) is 11.8 Å². The molecule has 3 rings (SSSR count). The van der Waals surface area contributed by atoms with Crippen molar-refractivity contribution in [1.29, 1.82) is 0 Å². The Hall–Kier alpha value is -2.11. The molecule has 5 nitrogen and oxygen atoms in total. The first-order valence-electron chi connectivity index (χ1n) is 11.2. The zero-order valence-corrected chi connectivity index (χ0v) is 19.4. The third-order valence-corrected chi connectivity index (χ3v) is 6.40. The van der Waals surface area contributed by atoms with Gasteiger partial charge in [-0.05, 0) is 62.3 Å². The fourth-order valence-corrected chi connectivity index (χ4v) is 4.56. The standard InChI is InChI=1S/C26H36O5/c1-18(2)7-6-8-19(3)24-25(29-5)22(15-16-26(24)17-30-26)31-23(27)14-11-20-9-12-21(28-4)13-10-20/h8-14,18,22,24-25H,6-7,15-17H2,1-5H3/b14-11+,19-8+. The molecule has 1 aliphatic carbocycles. The van der Waals surface area contributed by atoms with Crippen LogP contribution in [0.3, 0.4) is 0 Å². The molecule has 4 unspecified atom stereocenters. The Labute approximate surface area is 186 Å². The summed E-state index contributed by atoms with van der Waals surface area (Å²) in [7, 11) is 3.33. The number of epoxide rings is 1. The SMILES string of the molecule is COc1ccc(/C=C/C(=O)OC2CCC3(CO3)C(/C(C)=C/CCC(C)C)C2OC)cc1. The minimum atomic E-state index is -0.351. The van der Waals surface area contributed by atoms with E-state index >= 15 is 0 Å². The number of carbonyl (C=O) groups is 1. The van der Waals surface area contributed by atoms with Gasteiger partial charge < -0.3 is 18.9 Å². The molecule has 31 heavy (non-hydrogen) atoms. The summed E-state index contributed by atoms with van der Waals surface area (Å²) < 4.78 is 22.8. The van der Waals surface area contributed by atoms with Gasteiger partial charge in [0.1, 0.15) is 23.6 Å². The Kier molecular flexibility index (Phi) is 7.95. The predicted octanol–water partition coefficient (Wildman–Crippen LogP) is 5.20. The summed E-state index contributed by atoms with van der Waals surface area (Å²) in [6.45, 7) is 7.39. The quantitative estimate of drug-likeness (QED) is 0.234. The summed E-state index contributed by atoms with van der Waals surface area (Å²) >= 11 is 0. The Morgan fingerprint density at radius 1 is 1.26 bits per heavy atom. The van der Waals surface area contributed by atoms with Crippen LogP contribution in [0.2, 0.25) is 0 Å². The van der Waals surface area contributed by atoms with E-state index in [0.717, 1.165) is 43.6 Å². The maximum atomic E-state index is 12.5. The van der Waals surface area contributed by atoms with Crippen LogP contribution in [0.15, 0.2) is 42.0 Å². The lowest BCUT2D eigenvalue weighted by Gasteiger charge is -2.41. The topological polar surface area (TPSA) is 57.3 Å². The molecule has 1 aromatic rings. The smallest absolute Gasteiger partial charge is 0.331 e. The van der Waals surface area contributed by atoms with Gasteiger partial charge in [-0.25, -0.2) is 4.79 Å². The Morgan fingerprint density at radius 2 is 1.97 bits per heavy atom. The van der Waals surface area contributed by atoms with Crippen LogP contribution in [-0.4, -0.2) is 44.6 Å². The van der Waals surface area contributed by atoms with E-state index in [9.17, 15) is 4.79 Å². The molecule has 1 saturated carbocycles. The van der Waals surface area contributed by atoms with Crippen LogP contribution in [-0.2, 0) is 19.0 Å². The summed E-state index contributed by atoms with van der Waals surface area (Å²) in [6.07, 6.45) is 8.89. The lowest BCUT2D eigenvalue weighted by molar-refractivity contribution is -0.159. The second-order valence-electron chi connectivity index (χ2n) is 9.07. The number of hydrogen-bond acceptors (Lipinski definition) is 5. The average Bonchev–Trinajstić information content (AvgIpc) is 3.53. The molecule has 5 heteroatoms. The number of hydrogen-bond donors (Lipinski definition) is 0. The van der Waals surface area contributed by atoms with E-state index in [4.69, 9.17) is 18.9 Å². The van der Waals surface area contributed by atoms with E-state index in [2.05, 4.69) is 26.8 Å². The molecule has 1 aromatic carbocycles. The van der Waals surface area contributed by atoms with E-state index < -0.39 is 0 Å². The fourth-order valence-electron chi connectivity index (χ4n) is 4.56. The average molecular weight is 429 g/mol. The Bertz CT molecular complexity index is 789. The number of esters is 1. The normalized spacial score (nSPS) is 28.3. The largest absolute Gasteiger partial charge is 0.497 e. The molecule has 0 bridgehead atoms. The lowest BCUT2D eigenvalue weighted by Crippen LogP contribution is -2.50. The van der Waals surface area contributed by atoms with Crippen molar-refractivity contribution in [3.05, 3.63) is 47.6 Å². The van der Waals surface area contributed by atoms with Gasteiger partial charge >= 0.3 is 5.97 Å². The summed E-state index contributed by atoms with van der Waals surface area (Å²) in [6, 6.07) is 7.52. The third-order valence-electron chi connectivity index (χ3n) is 6.40. The molecular weight excluding hydrogens is 392 g/mol. The summed E-state index contributed by atoms with van der Waals surface area (Å²) in [5.41, 5.74) is 2.04. The van der Waals surface area contributed by atoms with Crippen molar-refractivity contribution in [2.45, 2.75) is 64.3 Å². The maximum Gasteiger partial charge on any atom is 0.331 e. The highest BCUT2D eigenvalue weighted by molar-refractivity contribution is 5.87. The van der Waals surface area contributed by atoms with Gasteiger partial charge in [0.2, 0.25) is 0 Å². The second kappa shape index (κ2) is 10.5. The molecule has 4 atom stereocenters. The first kappa shape index (κ1) is 23.6. The van der Waals surface area contributed by atoms with Crippen LogP contribution < -0.4 is 4.74 Å². The van der Waals surface area contributed by atoms with Crippen LogP contribution in [0.25, 0.3) is 6.08 Å². The van der Waals surface area contributed by atoms with E-state index in [0.29, 0.717) is 5.92 Å². The van der Waals surface area contributed by atoms with Crippen LogP contribution in [0.1, 0.15) is 52.0 Å². The van der Waals surface area contributed by atoms with Gasteiger partial charge in [0.15, 0.2) is 0 Å². The van der Waals surface area contributed by atoms with Gasteiger partial charge in [0.25, 0.3) is 0 Å². The number of allylic oxidation sites excluding steroid dienone is 1. The summed E-state index contributed by atoms with van der Waals surface area (Å²) in [5.74, 6) is 1.22. The number of carbonyl (C=O) groups excluding carboxylic acids is 1. The number of methoxy groups -OCH3 is 2. The second-order valence-corrected chi connectivity index (χ2v) is 9.07. The first-order valence-corrected chi connectivity index (χ1v) is 11.2. The molecule has 2 aliphatic rings. The minimum Gasteiger partial charge on any atom is -0.497 e. The van der Waals surface area contributed by atoms with Gasteiger partial charge in [0.05, 0.1) is 13.7 Å².